The zero-order chi connectivity index (χ0) is 12.4. The zero-order valence-electron chi connectivity index (χ0n) is 11.4. The number of rotatable bonds is 3. The molecular formula is C16H24N2. The van der Waals surface area contributed by atoms with Crippen LogP contribution in [0.25, 0.3) is 0 Å². The summed E-state index contributed by atoms with van der Waals surface area (Å²) in [7, 11) is 0. The van der Waals surface area contributed by atoms with E-state index >= 15 is 0 Å². The van der Waals surface area contributed by atoms with Gasteiger partial charge < -0.3 is 0 Å². The summed E-state index contributed by atoms with van der Waals surface area (Å²) in [5.74, 6) is 0. The standard InChI is InChI=1S/C16H24N2/c1-14-12-18-10-5-8-16(18)13-17(14)11-9-15-6-3-2-4-7-15/h2-4,6-7,14,16H,5,8-13H2,1H3/t14-,16?/m0/s1. The molecule has 2 aliphatic rings. The third-order valence-electron chi connectivity index (χ3n) is 4.60. The Kier molecular flexibility index (Phi) is 3.67. The Morgan fingerprint density at radius 3 is 2.83 bits per heavy atom. The molecule has 0 spiro atoms. The van der Waals surface area contributed by atoms with Gasteiger partial charge in [-0.25, -0.2) is 0 Å². The quantitative estimate of drug-likeness (QED) is 0.805. The van der Waals surface area contributed by atoms with Crippen LogP contribution in [0.4, 0.5) is 0 Å². The van der Waals surface area contributed by atoms with E-state index < -0.39 is 0 Å². The van der Waals surface area contributed by atoms with Gasteiger partial charge in [-0.2, -0.15) is 0 Å². The van der Waals surface area contributed by atoms with Gasteiger partial charge in [-0.15, -0.1) is 0 Å². The topological polar surface area (TPSA) is 6.48 Å². The molecule has 98 valence electrons. The van der Waals surface area contributed by atoms with Crippen molar-refractivity contribution >= 4 is 0 Å². The summed E-state index contributed by atoms with van der Waals surface area (Å²) in [6.45, 7) is 7.50. The average Bonchev–Trinajstić information content (AvgIpc) is 2.84. The molecule has 0 radical (unpaired) electrons. The van der Waals surface area contributed by atoms with Crippen LogP contribution in [0, 0.1) is 0 Å². The molecule has 0 aliphatic carbocycles. The Morgan fingerprint density at radius 2 is 2.00 bits per heavy atom. The number of piperazine rings is 1. The van der Waals surface area contributed by atoms with Crippen molar-refractivity contribution in [1.82, 2.24) is 9.80 Å². The second-order valence-electron chi connectivity index (χ2n) is 5.87. The lowest BCUT2D eigenvalue weighted by molar-refractivity contribution is 0.0605. The minimum atomic E-state index is 0.725. The molecule has 0 bridgehead atoms. The third-order valence-corrected chi connectivity index (χ3v) is 4.60. The molecular weight excluding hydrogens is 220 g/mol. The summed E-state index contributed by atoms with van der Waals surface area (Å²) >= 11 is 0. The highest BCUT2D eigenvalue weighted by Crippen LogP contribution is 2.24. The first-order valence-corrected chi connectivity index (χ1v) is 7.35. The maximum Gasteiger partial charge on any atom is 0.0224 e. The van der Waals surface area contributed by atoms with E-state index in [1.165, 1.54) is 51.0 Å². The van der Waals surface area contributed by atoms with Crippen molar-refractivity contribution in [2.45, 2.75) is 38.3 Å². The van der Waals surface area contributed by atoms with Gasteiger partial charge in [0.1, 0.15) is 0 Å². The van der Waals surface area contributed by atoms with E-state index in [-0.39, 0.29) is 0 Å². The van der Waals surface area contributed by atoms with Gasteiger partial charge in [0.15, 0.2) is 0 Å². The molecule has 0 N–H and O–H groups in total. The maximum atomic E-state index is 2.70. The molecule has 2 heterocycles. The van der Waals surface area contributed by atoms with Gasteiger partial charge in [0.25, 0.3) is 0 Å². The number of hydrogen-bond donors (Lipinski definition) is 0. The molecule has 2 aliphatic heterocycles. The van der Waals surface area contributed by atoms with Gasteiger partial charge in [0, 0.05) is 31.7 Å². The van der Waals surface area contributed by atoms with E-state index in [0.717, 1.165) is 12.1 Å². The molecule has 0 amide bonds. The number of fused-ring (bicyclic) bond motifs is 1. The fraction of sp³-hybridized carbons (Fsp3) is 0.625. The largest absolute Gasteiger partial charge is 0.298 e. The van der Waals surface area contributed by atoms with Crippen LogP contribution in [-0.4, -0.2) is 48.1 Å². The van der Waals surface area contributed by atoms with Crippen LogP contribution < -0.4 is 0 Å². The van der Waals surface area contributed by atoms with Crippen LogP contribution in [0.3, 0.4) is 0 Å². The second kappa shape index (κ2) is 5.41. The highest BCUT2D eigenvalue weighted by atomic mass is 15.3. The minimum absolute atomic E-state index is 0.725. The van der Waals surface area contributed by atoms with Crippen molar-refractivity contribution in [3.8, 4) is 0 Å². The maximum absolute atomic E-state index is 2.70. The van der Waals surface area contributed by atoms with E-state index in [9.17, 15) is 0 Å². The van der Waals surface area contributed by atoms with E-state index in [0.29, 0.717) is 0 Å². The fourth-order valence-electron chi connectivity index (χ4n) is 3.48. The highest BCUT2D eigenvalue weighted by molar-refractivity contribution is 5.15. The van der Waals surface area contributed by atoms with Crippen LogP contribution in [-0.2, 0) is 6.42 Å². The Hall–Kier alpha value is -0.860. The van der Waals surface area contributed by atoms with Crippen LogP contribution in [0.5, 0.6) is 0 Å². The van der Waals surface area contributed by atoms with Gasteiger partial charge in [-0.3, -0.25) is 9.80 Å². The average molecular weight is 244 g/mol. The summed E-state index contributed by atoms with van der Waals surface area (Å²) in [5, 5.41) is 0. The Labute approximate surface area is 111 Å². The van der Waals surface area contributed by atoms with E-state index in [4.69, 9.17) is 0 Å². The predicted molar refractivity (Wildman–Crippen MR) is 75.8 cm³/mol. The fourth-order valence-corrected chi connectivity index (χ4v) is 3.48. The van der Waals surface area contributed by atoms with Crippen molar-refractivity contribution in [3.63, 3.8) is 0 Å². The molecule has 2 saturated heterocycles. The van der Waals surface area contributed by atoms with Crippen molar-refractivity contribution < 1.29 is 0 Å². The molecule has 1 unspecified atom stereocenters. The molecule has 2 fully saturated rings. The first kappa shape index (κ1) is 12.2. The van der Waals surface area contributed by atoms with Crippen molar-refractivity contribution in [3.05, 3.63) is 35.9 Å². The van der Waals surface area contributed by atoms with Gasteiger partial charge in [-0.1, -0.05) is 30.3 Å². The molecule has 2 atom stereocenters. The monoisotopic (exact) mass is 244 g/mol. The smallest absolute Gasteiger partial charge is 0.0224 e. The molecule has 2 nitrogen and oxygen atoms in total. The molecule has 2 heteroatoms. The van der Waals surface area contributed by atoms with Crippen molar-refractivity contribution in [1.29, 1.82) is 0 Å². The molecule has 0 aromatic heterocycles. The minimum Gasteiger partial charge on any atom is -0.298 e. The third kappa shape index (κ3) is 2.60. The van der Waals surface area contributed by atoms with Crippen LogP contribution in [0.1, 0.15) is 25.3 Å². The number of hydrogen-bond acceptors (Lipinski definition) is 2. The van der Waals surface area contributed by atoms with Crippen molar-refractivity contribution in [2.75, 3.05) is 26.2 Å². The summed E-state index contributed by atoms with van der Waals surface area (Å²) in [5.41, 5.74) is 1.47. The van der Waals surface area contributed by atoms with E-state index in [2.05, 4.69) is 47.1 Å². The molecule has 3 rings (SSSR count). The summed E-state index contributed by atoms with van der Waals surface area (Å²) < 4.78 is 0. The first-order chi connectivity index (χ1) is 8.83. The zero-order valence-corrected chi connectivity index (χ0v) is 11.4. The molecule has 1 aromatic carbocycles. The Morgan fingerprint density at radius 1 is 1.17 bits per heavy atom. The van der Waals surface area contributed by atoms with Gasteiger partial charge in [0.05, 0.1) is 0 Å². The van der Waals surface area contributed by atoms with E-state index in [1.807, 2.05) is 0 Å². The van der Waals surface area contributed by atoms with Crippen LogP contribution in [0.2, 0.25) is 0 Å². The molecule has 18 heavy (non-hydrogen) atoms. The van der Waals surface area contributed by atoms with Gasteiger partial charge in [0.2, 0.25) is 0 Å². The Balaban J connectivity index is 1.56. The molecule has 1 aromatic rings. The highest BCUT2D eigenvalue weighted by Gasteiger charge is 2.33. The van der Waals surface area contributed by atoms with E-state index in [1.54, 1.807) is 0 Å². The lowest BCUT2D eigenvalue weighted by Gasteiger charge is -2.42. The first-order valence-electron chi connectivity index (χ1n) is 7.35. The summed E-state index contributed by atoms with van der Waals surface area (Å²) in [6, 6.07) is 12.5. The SMILES string of the molecule is C[C@H]1CN2CCCC2CN1CCc1ccccc1. The number of benzene rings is 1. The van der Waals surface area contributed by atoms with Crippen LogP contribution >= 0.6 is 0 Å². The summed E-state index contributed by atoms with van der Waals surface area (Å²) in [6.07, 6.45) is 4.01. The number of nitrogens with zero attached hydrogens (tertiary/aromatic N) is 2. The van der Waals surface area contributed by atoms with Gasteiger partial charge >= 0.3 is 0 Å². The summed E-state index contributed by atoms with van der Waals surface area (Å²) in [4.78, 5) is 5.39. The normalized spacial score (nSPS) is 29.4. The lowest BCUT2D eigenvalue weighted by Crippen LogP contribution is -2.55. The van der Waals surface area contributed by atoms with Crippen molar-refractivity contribution in [2.24, 2.45) is 0 Å². The molecule has 0 saturated carbocycles. The van der Waals surface area contributed by atoms with Gasteiger partial charge in [-0.05, 0) is 38.3 Å². The lowest BCUT2D eigenvalue weighted by atomic mass is 10.1. The predicted octanol–water partition coefficient (Wildman–Crippen LogP) is 2.40. The Bertz CT molecular complexity index is 376. The van der Waals surface area contributed by atoms with Crippen LogP contribution in [0.15, 0.2) is 30.3 Å². The second-order valence-corrected chi connectivity index (χ2v) is 5.87.